The van der Waals surface area contributed by atoms with Gasteiger partial charge in [0, 0.05) is 12.7 Å². The monoisotopic (exact) mass is 234 g/mol. The Morgan fingerprint density at radius 3 is 2.71 bits per heavy atom. The Balaban J connectivity index is 2.03. The molecule has 1 aromatic heterocycles. The molecule has 4 heteroatoms. The summed E-state index contributed by atoms with van der Waals surface area (Å²) in [5, 5.41) is 3.43. The lowest BCUT2D eigenvalue weighted by atomic mass is 9.86. The van der Waals surface area contributed by atoms with Crippen molar-refractivity contribution < 1.29 is 0 Å². The molecule has 1 aliphatic rings. The fraction of sp³-hybridized carbons (Fsp3) is 0.692. The zero-order valence-corrected chi connectivity index (χ0v) is 10.8. The molecule has 0 spiro atoms. The third kappa shape index (κ3) is 2.75. The van der Waals surface area contributed by atoms with Crippen LogP contribution in [-0.4, -0.2) is 23.1 Å². The zero-order chi connectivity index (χ0) is 12.3. The highest BCUT2D eigenvalue weighted by Crippen LogP contribution is 2.37. The number of rotatable bonds is 4. The van der Waals surface area contributed by atoms with Crippen molar-refractivity contribution >= 4 is 5.82 Å². The smallest absolute Gasteiger partial charge is 0.147 e. The predicted molar refractivity (Wildman–Crippen MR) is 70.0 cm³/mol. The second-order valence-electron chi connectivity index (χ2n) is 5.21. The van der Waals surface area contributed by atoms with Gasteiger partial charge in [-0.1, -0.05) is 12.8 Å². The summed E-state index contributed by atoms with van der Waals surface area (Å²) in [5.74, 6) is 0.907. The lowest BCUT2D eigenvalue weighted by Crippen LogP contribution is -2.35. The first kappa shape index (κ1) is 12.3. The van der Waals surface area contributed by atoms with E-state index in [9.17, 15) is 0 Å². The maximum atomic E-state index is 5.92. The summed E-state index contributed by atoms with van der Waals surface area (Å²) in [4.78, 5) is 8.80. The molecule has 0 bridgehead atoms. The molecule has 1 heterocycles. The van der Waals surface area contributed by atoms with Crippen LogP contribution in [0.5, 0.6) is 0 Å². The Morgan fingerprint density at radius 2 is 2.06 bits per heavy atom. The Morgan fingerprint density at radius 1 is 1.35 bits per heavy atom. The van der Waals surface area contributed by atoms with Crippen LogP contribution in [0.3, 0.4) is 0 Å². The Hall–Kier alpha value is -1.16. The molecule has 0 aliphatic heterocycles. The van der Waals surface area contributed by atoms with E-state index in [0.717, 1.165) is 30.3 Å². The van der Waals surface area contributed by atoms with Crippen molar-refractivity contribution in [2.24, 2.45) is 11.1 Å². The fourth-order valence-corrected chi connectivity index (χ4v) is 2.55. The van der Waals surface area contributed by atoms with Gasteiger partial charge in [-0.05, 0) is 38.6 Å². The van der Waals surface area contributed by atoms with Gasteiger partial charge in [-0.25, -0.2) is 4.98 Å². The van der Waals surface area contributed by atoms with E-state index in [-0.39, 0.29) is 5.41 Å². The molecular weight excluding hydrogens is 212 g/mol. The van der Waals surface area contributed by atoms with Crippen LogP contribution in [0.25, 0.3) is 0 Å². The molecule has 1 aliphatic carbocycles. The van der Waals surface area contributed by atoms with Crippen LogP contribution in [0.15, 0.2) is 6.20 Å². The number of hydrogen-bond donors (Lipinski definition) is 2. The molecule has 4 nitrogen and oxygen atoms in total. The number of aryl methyl sites for hydroxylation is 2. The molecule has 17 heavy (non-hydrogen) atoms. The van der Waals surface area contributed by atoms with E-state index >= 15 is 0 Å². The minimum Gasteiger partial charge on any atom is -0.368 e. The Kier molecular flexibility index (Phi) is 3.62. The molecule has 2 rings (SSSR count). The van der Waals surface area contributed by atoms with Crippen molar-refractivity contribution in [1.82, 2.24) is 9.97 Å². The molecule has 94 valence electrons. The first-order chi connectivity index (χ1) is 8.15. The minimum absolute atomic E-state index is 0.276. The molecule has 1 saturated carbocycles. The van der Waals surface area contributed by atoms with Gasteiger partial charge < -0.3 is 11.1 Å². The maximum Gasteiger partial charge on any atom is 0.147 e. The van der Waals surface area contributed by atoms with Crippen LogP contribution in [0.4, 0.5) is 5.82 Å². The van der Waals surface area contributed by atoms with Gasteiger partial charge >= 0.3 is 0 Å². The van der Waals surface area contributed by atoms with Gasteiger partial charge in [-0.2, -0.15) is 0 Å². The van der Waals surface area contributed by atoms with E-state index in [1.54, 1.807) is 6.20 Å². The van der Waals surface area contributed by atoms with E-state index in [0.29, 0.717) is 0 Å². The van der Waals surface area contributed by atoms with Gasteiger partial charge in [0.05, 0.1) is 11.4 Å². The van der Waals surface area contributed by atoms with Crippen LogP contribution in [-0.2, 0) is 0 Å². The number of hydrogen-bond acceptors (Lipinski definition) is 4. The van der Waals surface area contributed by atoms with E-state index in [1.807, 2.05) is 13.8 Å². The number of aromatic nitrogens is 2. The molecule has 0 amide bonds. The molecule has 0 unspecified atom stereocenters. The summed E-state index contributed by atoms with van der Waals surface area (Å²) >= 11 is 0. The highest BCUT2D eigenvalue weighted by atomic mass is 15.0. The van der Waals surface area contributed by atoms with E-state index in [2.05, 4.69) is 15.3 Å². The summed E-state index contributed by atoms with van der Waals surface area (Å²) in [7, 11) is 0. The van der Waals surface area contributed by atoms with Crippen molar-refractivity contribution in [2.45, 2.75) is 39.5 Å². The van der Waals surface area contributed by atoms with E-state index in [4.69, 9.17) is 5.73 Å². The average molecular weight is 234 g/mol. The van der Waals surface area contributed by atoms with Crippen LogP contribution in [0.1, 0.15) is 37.1 Å². The number of nitrogens with two attached hydrogens (primary N) is 1. The molecule has 0 saturated heterocycles. The largest absolute Gasteiger partial charge is 0.368 e. The van der Waals surface area contributed by atoms with Gasteiger partial charge in [0.1, 0.15) is 5.82 Å². The molecule has 0 aromatic carbocycles. The lowest BCUT2D eigenvalue weighted by molar-refractivity contribution is 0.331. The average Bonchev–Trinajstić information content (AvgIpc) is 2.80. The van der Waals surface area contributed by atoms with E-state index < -0.39 is 0 Å². The van der Waals surface area contributed by atoms with Crippen LogP contribution in [0.2, 0.25) is 0 Å². The third-order valence-corrected chi connectivity index (χ3v) is 3.80. The molecular formula is C13H22N4. The Bertz CT molecular complexity index is 383. The minimum atomic E-state index is 0.276. The summed E-state index contributed by atoms with van der Waals surface area (Å²) in [5.41, 5.74) is 8.11. The Labute approximate surface area is 103 Å². The van der Waals surface area contributed by atoms with Crippen LogP contribution < -0.4 is 11.1 Å². The van der Waals surface area contributed by atoms with Crippen molar-refractivity contribution in [3.8, 4) is 0 Å². The van der Waals surface area contributed by atoms with Crippen molar-refractivity contribution in [3.63, 3.8) is 0 Å². The molecule has 0 radical (unpaired) electrons. The van der Waals surface area contributed by atoms with Crippen LogP contribution in [0, 0.1) is 19.3 Å². The van der Waals surface area contributed by atoms with Gasteiger partial charge in [-0.15, -0.1) is 0 Å². The van der Waals surface area contributed by atoms with E-state index in [1.165, 1.54) is 25.7 Å². The number of nitrogens with one attached hydrogen (secondary N) is 1. The standard InChI is InChI=1S/C13H22N4/c1-10-7-15-11(2)12(17-10)16-9-13(8-14)5-3-4-6-13/h7H,3-6,8-9,14H2,1-2H3,(H,16,17). The lowest BCUT2D eigenvalue weighted by Gasteiger charge is -2.27. The summed E-state index contributed by atoms with van der Waals surface area (Å²) in [6.07, 6.45) is 6.87. The first-order valence-corrected chi connectivity index (χ1v) is 6.39. The fourth-order valence-electron chi connectivity index (χ4n) is 2.55. The molecule has 0 atom stereocenters. The summed E-state index contributed by atoms with van der Waals surface area (Å²) in [6, 6.07) is 0. The highest BCUT2D eigenvalue weighted by molar-refractivity contribution is 5.39. The second kappa shape index (κ2) is 5.00. The number of anilines is 1. The van der Waals surface area contributed by atoms with Gasteiger partial charge in [0.2, 0.25) is 0 Å². The van der Waals surface area contributed by atoms with Crippen molar-refractivity contribution in [2.75, 3.05) is 18.4 Å². The van der Waals surface area contributed by atoms with Gasteiger partial charge in [0.25, 0.3) is 0 Å². The predicted octanol–water partition coefficient (Wildman–Crippen LogP) is 2.02. The first-order valence-electron chi connectivity index (χ1n) is 6.39. The third-order valence-electron chi connectivity index (χ3n) is 3.80. The second-order valence-corrected chi connectivity index (χ2v) is 5.21. The van der Waals surface area contributed by atoms with Crippen molar-refractivity contribution in [1.29, 1.82) is 0 Å². The summed E-state index contributed by atoms with van der Waals surface area (Å²) in [6.45, 7) is 5.63. The number of nitrogens with zero attached hydrogens (tertiary/aromatic N) is 2. The highest BCUT2D eigenvalue weighted by Gasteiger charge is 2.32. The molecule has 1 aromatic rings. The van der Waals surface area contributed by atoms with Gasteiger partial charge in [0.15, 0.2) is 0 Å². The zero-order valence-electron chi connectivity index (χ0n) is 10.8. The molecule has 3 N–H and O–H groups in total. The quantitative estimate of drug-likeness (QED) is 0.836. The SMILES string of the molecule is Cc1cnc(C)c(NCC2(CN)CCCC2)n1. The van der Waals surface area contributed by atoms with Crippen LogP contribution >= 0.6 is 0 Å². The van der Waals surface area contributed by atoms with Gasteiger partial charge in [-0.3, -0.25) is 4.98 Å². The normalized spacial score (nSPS) is 18.3. The topological polar surface area (TPSA) is 63.8 Å². The van der Waals surface area contributed by atoms with Crippen molar-refractivity contribution in [3.05, 3.63) is 17.6 Å². The molecule has 1 fully saturated rings. The summed E-state index contributed by atoms with van der Waals surface area (Å²) < 4.78 is 0. The maximum absolute atomic E-state index is 5.92.